The second kappa shape index (κ2) is 11.4. The van der Waals surface area contributed by atoms with E-state index < -0.39 is 18.2 Å². The Morgan fingerprint density at radius 3 is 2.30 bits per heavy atom. The van der Waals surface area contributed by atoms with Gasteiger partial charge in [-0.15, -0.1) is 13.2 Å². The van der Waals surface area contributed by atoms with E-state index in [4.69, 9.17) is 9.72 Å². The summed E-state index contributed by atoms with van der Waals surface area (Å²) in [6.07, 6.45) is -4.38. The van der Waals surface area contributed by atoms with Gasteiger partial charge >= 0.3 is 12.5 Å². The van der Waals surface area contributed by atoms with Crippen LogP contribution in [0.2, 0.25) is 0 Å². The van der Waals surface area contributed by atoms with Crippen LogP contribution >= 0.6 is 0 Å². The first kappa shape index (κ1) is 29.4. The molecule has 0 saturated carbocycles. The number of alkyl halides is 6. The van der Waals surface area contributed by atoms with E-state index in [1.54, 1.807) is 30.6 Å². The zero-order valence-electron chi connectivity index (χ0n) is 23.2. The van der Waals surface area contributed by atoms with Crippen molar-refractivity contribution in [3.63, 3.8) is 0 Å². The summed E-state index contributed by atoms with van der Waals surface area (Å²) < 4.78 is 90.3. The lowest BCUT2D eigenvalue weighted by Crippen LogP contribution is -2.18. The van der Waals surface area contributed by atoms with E-state index >= 15 is 0 Å². The summed E-state index contributed by atoms with van der Waals surface area (Å²) in [6.45, 7) is 0.880. The molecule has 2 aromatic carbocycles. The van der Waals surface area contributed by atoms with Gasteiger partial charge in [-0.25, -0.2) is 19.9 Å². The highest BCUT2D eigenvalue weighted by molar-refractivity contribution is 5.85. The van der Waals surface area contributed by atoms with Gasteiger partial charge < -0.3 is 19.4 Å². The summed E-state index contributed by atoms with van der Waals surface area (Å²) in [5.74, 6) is 0.450. The smallest absolute Gasteiger partial charge is 0.406 e. The number of fused-ring (bicyclic) bond motifs is 1. The fraction of sp³-hybridized carbons (Fsp3) is 0.310. The Morgan fingerprint density at radius 2 is 1.66 bits per heavy atom. The van der Waals surface area contributed by atoms with Crippen LogP contribution in [0, 0.1) is 0 Å². The van der Waals surface area contributed by atoms with E-state index in [0.29, 0.717) is 34.7 Å². The maximum absolute atomic E-state index is 13.1. The maximum Gasteiger partial charge on any atom is 0.573 e. The van der Waals surface area contributed by atoms with Crippen LogP contribution in [-0.4, -0.2) is 42.0 Å². The van der Waals surface area contributed by atoms with Gasteiger partial charge in [0.1, 0.15) is 17.8 Å². The summed E-state index contributed by atoms with van der Waals surface area (Å²) in [5, 5.41) is 3.26. The van der Waals surface area contributed by atoms with Crippen molar-refractivity contribution in [2.75, 3.05) is 11.9 Å². The molecule has 0 spiro atoms. The molecule has 15 heteroatoms. The third kappa shape index (κ3) is 6.32. The Labute approximate surface area is 246 Å². The van der Waals surface area contributed by atoms with Crippen LogP contribution in [0.1, 0.15) is 36.7 Å². The lowest BCUT2D eigenvalue weighted by atomic mass is 10.1. The first-order valence-electron chi connectivity index (χ1n) is 13.6. The Hall–Kier alpha value is -4.66. The van der Waals surface area contributed by atoms with Crippen LogP contribution in [0.5, 0.6) is 5.75 Å². The van der Waals surface area contributed by atoms with Crippen LogP contribution in [0.3, 0.4) is 0 Å². The molecule has 1 fully saturated rings. The molecular formula is C29H25F6N7O2. The second-order valence-corrected chi connectivity index (χ2v) is 10.2. The summed E-state index contributed by atoms with van der Waals surface area (Å²) in [6, 6.07) is 12.1. The van der Waals surface area contributed by atoms with Crippen molar-refractivity contribution < 1.29 is 35.8 Å². The van der Waals surface area contributed by atoms with Gasteiger partial charge in [0.05, 0.1) is 6.33 Å². The maximum atomic E-state index is 13.1. The van der Waals surface area contributed by atoms with Crippen molar-refractivity contribution >= 4 is 17.0 Å². The molecule has 0 bridgehead atoms. The van der Waals surface area contributed by atoms with Crippen molar-refractivity contribution in [2.24, 2.45) is 7.05 Å². The van der Waals surface area contributed by atoms with E-state index in [1.165, 1.54) is 35.9 Å². The molecule has 0 amide bonds. The molecule has 44 heavy (non-hydrogen) atoms. The fourth-order valence-corrected chi connectivity index (χ4v) is 4.96. The monoisotopic (exact) mass is 617 g/mol. The zero-order valence-corrected chi connectivity index (χ0v) is 23.2. The molecule has 9 nitrogen and oxygen atoms in total. The Bertz CT molecular complexity index is 1760. The normalized spacial score (nSPS) is 15.9. The second-order valence-electron chi connectivity index (χ2n) is 10.2. The molecule has 0 radical (unpaired) electrons. The van der Waals surface area contributed by atoms with Gasteiger partial charge in [-0.3, -0.25) is 4.57 Å². The minimum atomic E-state index is -4.82. The summed E-state index contributed by atoms with van der Waals surface area (Å²) >= 11 is 0. The molecule has 1 atom stereocenters. The Balaban J connectivity index is 1.29. The fourth-order valence-electron chi connectivity index (χ4n) is 4.96. The molecule has 3 aromatic heterocycles. The molecule has 5 aromatic rings. The number of rotatable bonds is 7. The number of benzene rings is 2. The highest BCUT2D eigenvalue weighted by Gasteiger charge is 2.34. The van der Waals surface area contributed by atoms with Crippen molar-refractivity contribution in [1.29, 1.82) is 0 Å². The van der Waals surface area contributed by atoms with Gasteiger partial charge in [-0.1, -0.05) is 24.3 Å². The standard InChI is InChI=1S/C29H25F6N7O2/c1-41-15-21(28(30,31)32)38-26(41)19-7-5-17(6-8-19)14-36-25-23-27(42(16-37-23)22-4-2-3-13-43-22)40-24(39-25)18-9-11-20(12-10-18)44-29(33,34)35/h5-12,15-16,22H,2-4,13-14H2,1H3,(H,36,39,40). The third-order valence-electron chi connectivity index (χ3n) is 7.07. The van der Waals surface area contributed by atoms with Crippen molar-refractivity contribution in [3.05, 3.63) is 72.3 Å². The van der Waals surface area contributed by atoms with Gasteiger partial charge in [-0.05, 0) is 49.1 Å². The van der Waals surface area contributed by atoms with Crippen molar-refractivity contribution in [1.82, 2.24) is 29.1 Å². The number of aromatic nitrogens is 6. The van der Waals surface area contributed by atoms with E-state index in [0.717, 1.165) is 31.0 Å². The molecule has 0 aliphatic carbocycles. The quantitative estimate of drug-likeness (QED) is 0.195. The number of aryl methyl sites for hydroxylation is 1. The first-order valence-corrected chi connectivity index (χ1v) is 13.6. The molecule has 6 rings (SSSR count). The largest absolute Gasteiger partial charge is 0.573 e. The van der Waals surface area contributed by atoms with Crippen molar-refractivity contribution in [2.45, 2.75) is 44.6 Å². The average Bonchev–Trinajstić information content (AvgIpc) is 3.60. The number of anilines is 1. The molecule has 230 valence electrons. The SMILES string of the molecule is Cn1cc(C(F)(F)F)nc1-c1ccc(CNc2nc(-c3ccc(OC(F)(F)F)cc3)nc3c2ncn3C2CCCCO2)cc1. The lowest BCUT2D eigenvalue weighted by molar-refractivity contribution is -0.274. The number of hydrogen-bond donors (Lipinski definition) is 1. The molecule has 1 unspecified atom stereocenters. The predicted octanol–water partition coefficient (Wildman–Crippen LogP) is 7.12. The summed E-state index contributed by atoms with van der Waals surface area (Å²) in [5.41, 5.74) is 1.78. The third-order valence-corrected chi connectivity index (χ3v) is 7.07. The lowest BCUT2D eigenvalue weighted by Gasteiger charge is -2.24. The van der Waals surface area contributed by atoms with Crippen molar-refractivity contribution in [3.8, 4) is 28.5 Å². The number of imidazole rings is 2. The van der Waals surface area contributed by atoms with Gasteiger partial charge in [0, 0.05) is 37.5 Å². The Morgan fingerprint density at radius 1 is 0.932 bits per heavy atom. The van der Waals surface area contributed by atoms with Crippen LogP contribution in [0.4, 0.5) is 32.2 Å². The van der Waals surface area contributed by atoms with Gasteiger partial charge in [0.2, 0.25) is 0 Å². The number of nitrogens with one attached hydrogen (secondary N) is 1. The van der Waals surface area contributed by atoms with E-state index in [-0.39, 0.29) is 30.2 Å². The first-order chi connectivity index (χ1) is 20.9. The number of ether oxygens (including phenoxy) is 2. The molecule has 1 aliphatic rings. The Kier molecular flexibility index (Phi) is 7.65. The molecule has 4 heterocycles. The molecule has 1 aliphatic heterocycles. The summed E-state index contributed by atoms with van der Waals surface area (Å²) in [7, 11) is 1.50. The minimum absolute atomic E-state index is 0.182. The zero-order chi connectivity index (χ0) is 31.1. The van der Waals surface area contributed by atoms with Crippen LogP contribution in [0.25, 0.3) is 33.9 Å². The molecule has 1 N–H and O–H groups in total. The average molecular weight is 618 g/mol. The van der Waals surface area contributed by atoms with E-state index in [9.17, 15) is 26.3 Å². The predicted molar refractivity (Wildman–Crippen MR) is 147 cm³/mol. The summed E-state index contributed by atoms with van der Waals surface area (Å²) in [4.78, 5) is 17.6. The van der Waals surface area contributed by atoms with E-state index in [1.807, 2.05) is 4.57 Å². The van der Waals surface area contributed by atoms with Gasteiger partial charge in [0.15, 0.2) is 28.5 Å². The van der Waals surface area contributed by atoms with Crippen LogP contribution < -0.4 is 10.1 Å². The van der Waals surface area contributed by atoms with Gasteiger partial charge in [-0.2, -0.15) is 13.2 Å². The highest BCUT2D eigenvalue weighted by atomic mass is 19.4. The molecule has 1 saturated heterocycles. The minimum Gasteiger partial charge on any atom is -0.406 e. The van der Waals surface area contributed by atoms with Crippen LogP contribution in [-0.2, 0) is 24.5 Å². The highest BCUT2D eigenvalue weighted by Crippen LogP contribution is 2.33. The number of hydrogen-bond acceptors (Lipinski definition) is 7. The van der Waals surface area contributed by atoms with Crippen LogP contribution in [0.15, 0.2) is 61.1 Å². The van der Waals surface area contributed by atoms with E-state index in [2.05, 4.69) is 25.0 Å². The number of nitrogens with zero attached hydrogens (tertiary/aromatic N) is 6. The molecular weight excluding hydrogens is 592 g/mol. The number of halogens is 6. The van der Waals surface area contributed by atoms with Gasteiger partial charge in [0.25, 0.3) is 0 Å². The topological polar surface area (TPSA) is 91.9 Å².